The van der Waals surface area contributed by atoms with E-state index >= 15 is 0 Å². The van der Waals surface area contributed by atoms with Gasteiger partial charge in [-0.1, -0.05) is 47.1 Å². The number of carbonyl (C=O) groups is 5. The Morgan fingerprint density at radius 2 is 1.83 bits per heavy atom. The number of nitro groups is 1. The summed E-state index contributed by atoms with van der Waals surface area (Å²) in [5.41, 5.74) is 4.91. The van der Waals surface area contributed by atoms with E-state index in [-0.39, 0.29) is 67.4 Å². The van der Waals surface area contributed by atoms with E-state index in [0.717, 1.165) is 34.2 Å². The largest absolute Gasteiger partial charge is 0.444 e. The van der Waals surface area contributed by atoms with Crippen LogP contribution < -0.4 is 15.8 Å². The molecule has 342 valence electrons. The van der Waals surface area contributed by atoms with Crippen LogP contribution in [0.25, 0.3) is 0 Å². The first kappa shape index (κ1) is 47.1. The third-order valence-corrected chi connectivity index (χ3v) is 15.1. The summed E-state index contributed by atoms with van der Waals surface area (Å²) in [5.74, 6) is -2.54. The molecule has 21 heteroatoms. The van der Waals surface area contributed by atoms with Crippen LogP contribution in [0.4, 0.5) is 19.7 Å². The Morgan fingerprint density at radius 3 is 2.48 bits per heavy atom. The zero-order chi connectivity index (χ0) is 45.8. The van der Waals surface area contributed by atoms with E-state index in [4.69, 9.17) is 15.2 Å². The van der Waals surface area contributed by atoms with E-state index in [9.17, 15) is 46.9 Å². The minimum absolute atomic E-state index is 0.00298. The first-order valence-electron chi connectivity index (χ1n) is 20.8. The highest BCUT2D eigenvalue weighted by molar-refractivity contribution is 8.14. The molecule has 4 N–H and O–H groups in total. The van der Waals surface area contributed by atoms with Crippen molar-refractivity contribution in [3.63, 3.8) is 0 Å². The summed E-state index contributed by atoms with van der Waals surface area (Å²) in [5, 5.41) is 17.0. The number of unbranched alkanes of at least 4 members (excludes halogenated alkanes) is 1. The molecular weight excluding hydrogens is 862 g/mol. The molecule has 0 aromatic heterocycles. The van der Waals surface area contributed by atoms with Crippen LogP contribution >= 0.6 is 10.7 Å². The molecule has 1 saturated heterocycles. The zero-order valence-electron chi connectivity index (χ0n) is 35.6. The Balaban J connectivity index is 1.20. The molecule has 2 saturated carbocycles. The summed E-state index contributed by atoms with van der Waals surface area (Å²) in [6, 6.07) is 6.11. The molecule has 0 bridgehead atoms. The van der Waals surface area contributed by atoms with Crippen molar-refractivity contribution in [2.24, 2.45) is 17.6 Å². The van der Waals surface area contributed by atoms with Gasteiger partial charge >= 0.3 is 12.2 Å². The number of amides is 5. The van der Waals surface area contributed by atoms with Crippen LogP contribution in [-0.4, -0.2) is 111 Å². The van der Waals surface area contributed by atoms with Gasteiger partial charge in [-0.2, -0.15) is 4.31 Å². The zero-order valence-corrected chi connectivity index (χ0v) is 37.2. The second-order valence-corrected chi connectivity index (χ2v) is 21.0. The number of para-hydroxylation sites is 1. The summed E-state index contributed by atoms with van der Waals surface area (Å²) in [7, 11) is -5.01. The van der Waals surface area contributed by atoms with Gasteiger partial charge in [0.25, 0.3) is 5.69 Å². The van der Waals surface area contributed by atoms with Crippen LogP contribution in [0.3, 0.4) is 0 Å². The minimum Gasteiger partial charge on any atom is -0.444 e. The van der Waals surface area contributed by atoms with Gasteiger partial charge in [-0.05, 0) is 88.8 Å². The molecule has 5 amide bonds. The number of allylic oxidation sites excluding steroid dienone is 2. The fourth-order valence-corrected chi connectivity index (χ4v) is 11.0. The predicted molar refractivity (Wildman–Crippen MR) is 231 cm³/mol. The Bertz CT molecular complexity index is 2300. The van der Waals surface area contributed by atoms with Crippen LogP contribution in [-0.2, 0) is 47.0 Å². The number of nitrogens with one attached hydrogen (secondary N) is 2. The second-order valence-electron chi connectivity index (χ2n) is 17.0. The van der Waals surface area contributed by atoms with Gasteiger partial charge in [0.15, 0.2) is 4.90 Å². The molecular formula is C42H54FN7O11S2. The van der Waals surface area contributed by atoms with E-state index in [1.54, 1.807) is 26.8 Å². The van der Waals surface area contributed by atoms with Crippen molar-refractivity contribution in [2.75, 3.05) is 19.6 Å². The normalized spacial score (nSPS) is 21.8. The third kappa shape index (κ3) is 11.8. The molecule has 18 nitrogen and oxygen atoms in total. The van der Waals surface area contributed by atoms with Crippen molar-refractivity contribution < 1.29 is 51.2 Å². The van der Waals surface area contributed by atoms with Gasteiger partial charge in [0.1, 0.15) is 29.6 Å². The van der Waals surface area contributed by atoms with Crippen molar-refractivity contribution in [1.29, 1.82) is 0 Å². The number of hydrogen-bond donors (Lipinski definition) is 3. The smallest absolute Gasteiger partial charge is 0.410 e. The number of nitrogens with two attached hydrogens (primary N) is 1. The summed E-state index contributed by atoms with van der Waals surface area (Å²) >= 11 is 0. The Labute approximate surface area is 367 Å². The Hall–Kier alpha value is -5.41. The third-order valence-electron chi connectivity index (χ3n) is 11.1. The number of primary amides is 1. The highest BCUT2D eigenvalue weighted by Gasteiger charge is 2.46. The van der Waals surface area contributed by atoms with Crippen molar-refractivity contribution in [2.45, 2.75) is 113 Å². The number of alkyl carbamates (subject to hydrolysis) is 1. The lowest BCUT2D eigenvalue weighted by atomic mass is 10.1. The van der Waals surface area contributed by atoms with E-state index in [2.05, 4.69) is 10.0 Å². The number of rotatable bonds is 17. The first-order valence-corrected chi connectivity index (χ1v) is 23.6. The number of benzene rings is 2. The number of hydrogen-bond acceptors (Lipinski definition) is 11. The predicted octanol–water partition coefficient (Wildman–Crippen LogP) is 4.48. The SMILES string of the molecule is C/C=S(/NC(=O)[C@H]1C[C@H]1/C=C\CCCN(C[C@H](NC(=O)OC(C)(C)C)C(=O)N1CC(OC(=O)N2Cc3cccc(F)c3C2)CC1C(N)=O)S(=O)(=O)c1ccccc1[N+](=O)[O-])C1CC1. The first-order chi connectivity index (χ1) is 29.8. The number of fused-ring (bicyclic) bond motifs is 1. The van der Waals surface area contributed by atoms with Crippen molar-refractivity contribution >= 4 is 61.7 Å². The highest BCUT2D eigenvalue weighted by atomic mass is 32.2. The number of likely N-dealkylation sites (tertiary alicyclic amines) is 1. The van der Waals surface area contributed by atoms with Crippen molar-refractivity contribution in [1.82, 2.24) is 24.1 Å². The summed E-state index contributed by atoms with van der Waals surface area (Å²) < 4.78 is 58.4. The number of sulfonamides is 1. The van der Waals surface area contributed by atoms with E-state index in [1.807, 2.05) is 24.4 Å². The van der Waals surface area contributed by atoms with Gasteiger partial charge in [-0.3, -0.25) is 29.4 Å². The summed E-state index contributed by atoms with van der Waals surface area (Å²) in [6.07, 6.45) is 3.89. The molecule has 2 aromatic carbocycles. The van der Waals surface area contributed by atoms with Gasteiger partial charge in [0.2, 0.25) is 27.7 Å². The second kappa shape index (κ2) is 19.5. The fraction of sp³-hybridized carbons (Fsp3) is 0.524. The van der Waals surface area contributed by atoms with Gasteiger partial charge in [0.05, 0.1) is 18.0 Å². The topological polar surface area (TPSA) is 241 Å². The van der Waals surface area contributed by atoms with Gasteiger partial charge in [-0.15, -0.1) is 0 Å². The lowest BCUT2D eigenvalue weighted by molar-refractivity contribution is -0.387. The summed E-state index contributed by atoms with van der Waals surface area (Å²) in [6.45, 7) is 5.26. The molecule has 0 spiro atoms. The van der Waals surface area contributed by atoms with Gasteiger partial charge in [-0.25, -0.2) is 22.4 Å². The molecule has 2 aliphatic carbocycles. The highest BCUT2D eigenvalue weighted by Crippen LogP contribution is 2.43. The lowest BCUT2D eigenvalue weighted by Gasteiger charge is -2.31. The number of carbonyl (C=O) groups excluding carboxylic acids is 5. The minimum atomic E-state index is -4.76. The van der Waals surface area contributed by atoms with Crippen LogP contribution in [0.1, 0.15) is 77.3 Å². The fourth-order valence-electron chi connectivity index (χ4n) is 7.67. The Morgan fingerprint density at radius 1 is 1.10 bits per heavy atom. The Kier molecular flexibility index (Phi) is 14.6. The maximum absolute atomic E-state index is 14.6. The average Bonchev–Trinajstić information content (AvgIpc) is 4.13. The number of nitrogens with zero attached hydrogens (tertiary/aromatic N) is 4. The molecule has 6 atom stereocenters. The molecule has 2 heterocycles. The molecule has 2 aliphatic heterocycles. The van der Waals surface area contributed by atoms with Crippen molar-refractivity contribution in [3.05, 3.63) is 81.7 Å². The average molecular weight is 916 g/mol. The maximum Gasteiger partial charge on any atom is 0.410 e. The van der Waals surface area contributed by atoms with Crippen LogP contribution in [0.15, 0.2) is 59.5 Å². The van der Waals surface area contributed by atoms with E-state index < -0.39 is 85.7 Å². The quantitative estimate of drug-likeness (QED) is 0.0657. The molecule has 4 aliphatic rings. The number of nitro benzene ring substituents is 1. The standard InChI is InChI=1S/C42H54FN7O11S2/c1-5-62(29-17-18-29)46-38(52)30-20-26(30)12-7-6-10-19-48(63(58,59)36-16-9-8-15-34(36)50(56)57)25-33(45-40(54)61-42(2,3)4)39(53)49-23-28(21-35(49)37(44)51)60-41(55)47-22-27-13-11-14-32(43)31(27)24-47/h5,7-9,11-16,26,28-30,33,35H,6,10,17-25H2,1-4H3,(H2,44,51)(H,45,54)(H,46,52)/b12-7-/t26-,28?,30+,33+,35?,62?/m1/s1. The summed E-state index contributed by atoms with van der Waals surface area (Å²) in [4.78, 5) is 79.6. The van der Waals surface area contributed by atoms with Crippen LogP contribution in [0.2, 0.25) is 0 Å². The molecule has 3 fully saturated rings. The number of halogens is 1. The molecule has 63 heavy (non-hydrogen) atoms. The van der Waals surface area contributed by atoms with Crippen LogP contribution in [0, 0.1) is 27.8 Å². The van der Waals surface area contributed by atoms with E-state index in [1.165, 1.54) is 29.2 Å². The van der Waals surface area contributed by atoms with Crippen LogP contribution in [0.5, 0.6) is 0 Å². The molecule has 0 radical (unpaired) electrons. The van der Waals surface area contributed by atoms with Crippen molar-refractivity contribution in [3.8, 4) is 0 Å². The monoisotopic (exact) mass is 915 g/mol. The van der Waals surface area contributed by atoms with Gasteiger partial charge in [0, 0.05) is 48.9 Å². The van der Waals surface area contributed by atoms with Gasteiger partial charge < -0.3 is 30.1 Å². The molecule has 2 aromatic rings. The maximum atomic E-state index is 14.6. The molecule has 6 rings (SSSR count). The van der Waals surface area contributed by atoms with E-state index in [0.29, 0.717) is 29.2 Å². The number of ether oxygens (including phenoxy) is 2. The molecule has 3 unspecified atom stereocenters. The lowest BCUT2D eigenvalue weighted by Crippen LogP contribution is -2.57.